The molecule has 1 saturated heterocycles. The van der Waals surface area contributed by atoms with E-state index in [1.807, 2.05) is 6.92 Å². The lowest BCUT2D eigenvalue weighted by atomic mass is 9.82. The van der Waals surface area contributed by atoms with Gasteiger partial charge in [-0.25, -0.2) is 4.79 Å². The summed E-state index contributed by atoms with van der Waals surface area (Å²) in [5, 5.41) is 5.31. The number of nitrogens with two attached hydrogens (primary N) is 1. The molecule has 1 fully saturated rings. The zero-order valence-electron chi connectivity index (χ0n) is 10.1. The molecular formula is C12H12ClN3O3. The number of fused-ring (bicyclic) bond motifs is 2. The van der Waals surface area contributed by atoms with Crippen LogP contribution in [0.1, 0.15) is 18.9 Å². The van der Waals surface area contributed by atoms with Gasteiger partial charge >= 0.3 is 6.03 Å². The topological polar surface area (TPSA) is 93.5 Å². The van der Waals surface area contributed by atoms with Crippen LogP contribution in [-0.2, 0) is 10.3 Å². The molecule has 2 aliphatic rings. The van der Waals surface area contributed by atoms with E-state index >= 15 is 0 Å². The third-order valence-corrected chi connectivity index (χ3v) is 3.61. The highest BCUT2D eigenvalue weighted by molar-refractivity contribution is 6.31. The molecule has 2 heterocycles. The molecule has 7 heteroatoms. The number of rotatable bonds is 0. The largest absolute Gasteiger partial charge is 0.488 e. The van der Waals surface area contributed by atoms with E-state index in [2.05, 4.69) is 10.6 Å². The number of hydrogen-bond donors (Lipinski definition) is 3. The summed E-state index contributed by atoms with van der Waals surface area (Å²) in [6.07, 6.45) is 0.0808. The first-order valence-corrected chi connectivity index (χ1v) is 6.20. The van der Waals surface area contributed by atoms with Crippen molar-refractivity contribution in [2.45, 2.75) is 25.0 Å². The van der Waals surface area contributed by atoms with Crippen molar-refractivity contribution in [3.05, 3.63) is 22.7 Å². The Balaban J connectivity index is 2.25. The number of carbonyl (C=O) groups is 2. The van der Waals surface area contributed by atoms with Gasteiger partial charge in [0.2, 0.25) is 0 Å². The highest BCUT2D eigenvalue weighted by atomic mass is 35.5. The zero-order valence-corrected chi connectivity index (χ0v) is 10.9. The second-order valence-electron chi connectivity index (χ2n) is 4.82. The average molecular weight is 282 g/mol. The summed E-state index contributed by atoms with van der Waals surface area (Å²) >= 11 is 5.98. The van der Waals surface area contributed by atoms with Crippen LogP contribution >= 0.6 is 11.6 Å². The Hall–Kier alpha value is -1.95. The van der Waals surface area contributed by atoms with Crippen molar-refractivity contribution in [3.63, 3.8) is 0 Å². The first-order valence-electron chi connectivity index (χ1n) is 5.82. The number of nitrogen functional groups attached to an aromatic ring is 1. The molecule has 2 aliphatic heterocycles. The van der Waals surface area contributed by atoms with Gasteiger partial charge in [-0.05, 0) is 19.1 Å². The first kappa shape index (κ1) is 12.1. The molecule has 0 radical (unpaired) electrons. The highest BCUT2D eigenvalue weighted by Gasteiger charge is 2.53. The van der Waals surface area contributed by atoms with Crippen LogP contribution in [0.3, 0.4) is 0 Å². The number of amides is 3. The monoisotopic (exact) mass is 281 g/mol. The van der Waals surface area contributed by atoms with Gasteiger partial charge in [-0.1, -0.05) is 11.6 Å². The number of imide groups is 1. The van der Waals surface area contributed by atoms with Gasteiger partial charge < -0.3 is 15.8 Å². The van der Waals surface area contributed by atoms with Gasteiger partial charge in [0.15, 0.2) is 5.54 Å². The predicted octanol–water partition coefficient (Wildman–Crippen LogP) is 1.13. The predicted molar refractivity (Wildman–Crippen MR) is 68.9 cm³/mol. The van der Waals surface area contributed by atoms with E-state index in [0.717, 1.165) is 0 Å². The van der Waals surface area contributed by atoms with Gasteiger partial charge in [-0.15, -0.1) is 0 Å². The molecule has 3 amide bonds. The van der Waals surface area contributed by atoms with Gasteiger partial charge in [-0.3, -0.25) is 10.1 Å². The molecule has 19 heavy (non-hydrogen) atoms. The molecule has 0 bridgehead atoms. The Morgan fingerprint density at radius 3 is 2.84 bits per heavy atom. The minimum Gasteiger partial charge on any atom is -0.488 e. The third-order valence-electron chi connectivity index (χ3n) is 3.40. The van der Waals surface area contributed by atoms with Crippen LogP contribution in [0, 0.1) is 0 Å². The van der Waals surface area contributed by atoms with E-state index in [-0.39, 0.29) is 6.10 Å². The maximum absolute atomic E-state index is 12.2. The molecule has 0 aliphatic carbocycles. The fourth-order valence-corrected chi connectivity index (χ4v) is 2.90. The van der Waals surface area contributed by atoms with E-state index in [1.54, 1.807) is 12.1 Å². The van der Waals surface area contributed by atoms with Crippen LogP contribution in [-0.4, -0.2) is 18.0 Å². The van der Waals surface area contributed by atoms with Crippen molar-refractivity contribution in [2.75, 3.05) is 5.73 Å². The Morgan fingerprint density at radius 2 is 2.21 bits per heavy atom. The van der Waals surface area contributed by atoms with Gasteiger partial charge in [0.25, 0.3) is 5.91 Å². The number of anilines is 1. The summed E-state index contributed by atoms with van der Waals surface area (Å²) in [5.41, 5.74) is 5.58. The van der Waals surface area contributed by atoms with E-state index < -0.39 is 17.5 Å². The summed E-state index contributed by atoms with van der Waals surface area (Å²) in [6.45, 7) is 1.82. The molecule has 100 valence electrons. The molecule has 3 rings (SSSR count). The van der Waals surface area contributed by atoms with E-state index in [1.165, 1.54) is 0 Å². The lowest BCUT2D eigenvalue weighted by molar-refractivity contribution is -0.126. The highest BCUT2D eigenvalue weighted by Crippen LogP contribution is 2.45. The summed E-state index contributed by atoms with van der Waals surface area (Å²) in [7, 11) is 0. The third kappa shape index (κ3) is 1.63. The van der Waals surface area contributed by atoms with Gasteiger partial charge in [-0.2, -0.15) is 0 Å². The van der Waals surface area contributed by atoms with Crippen LogP contribution in [0.25, 0.3) is 0 Å². The Bertz CT molecular complexity index is 604. The summed E-state index contributed by atoms with van der Waals surface area (Å²) in [6, 6.07) is 2.63. The van der Waals surface area contributed by atoms with Gasteiger partial charge in [0.1, 0.15) is 5.75 Å². The molecule has 1 aromatic carbocycles. The molecule has 2 atom stereocenters. The lowest BCUT2D eigenvalue weighted by Crippen LogP contribution is -2.49. The fourth-order valence-electron chi connectivity index (χ4n) is 2.67. The lowest BCUT2D eigenvalue weighted by Gasteiger charge is -2.37. The molecule has 6 nitrogen and oxygen atoms in total. The summed E-state index contributed by atoms with van der Waals surface area (Å²) in [5.74, 6) is -0.00364. The Morgan fingerprint density at radius 1 is 1.47 bits per heavy atom. The molecule has 0 saturated carbocycles. The van der Waals surface area contributed by atoms with Gasteiger partial charge in [0.05, 0.1) is 11.8 Å². The second-order valence-corrected chi connectivity index (χ2v) is 5.25. The minimum absolute atomic E-state index is 0.250. The standard InChI is InChI=1S/C12H12ClN3O3/c1-5-4-12(10(17)15-11(18)16-12)7-2-6(13)3-8(14)9(7)19-5/h2-3,5H,4,14H2,1H3,(H2,15,16,17,18). The second kappa shape index (κ2) is 3.77. The fraction of sp³-hybridized carbons (Fsp3) is 0.333. The maximum Gasteiger partial charge on any atom is 0.322 e. The number of ether oxygens (including phenoxy) is 1. The molecule has 1 spiro atoms. The summed E-state index contributed by atoms with van der Waals surface area (Å²) in [4.78, 5) is 23.6. The maximum atomic E-state index is 12.2. The summed E-state index contributed by atoms with van der Waals surface area (Å²) < 4.78 is 5.67. The number of benzene rings is 1. The smallest absolute Gasteiger partial charge is 0.322 e. The van der Waals surface area contributed by atoms with Crippen LogP contribution in [0.5, 0.6) is 5.75 Å². The van der Waals surface area contributed by atoms with Crippen molar-refractivity contribution in [1.82, 2.24) is 10.6 Å². The molecule has 0 aromatic heterocycles. The van der Waals surface area contributed by atoms with Crippen molar-refractivity contribution >= 4 is 29.2 Å². The SMILES string of the molecule is CC1CC2(NC(=O)NC2=O)c2cc(Cl)cc(N)c2O1. The van der Waals surface area contributed by atoms with Crippen molar-refractivity contribution in [2.24, 2.45) is 0 Å². The number of urea groups is 1. The van der Waals surface area contributed by atoms with Crippen LogP contribution in [0.15, 0.2) is 12.1 Å². The Labute approximate surface area is 114 Å². The number of nitrogens with one attached hydrogen (secondary N) is 2. The average Bonchev–Trinajstić information content (AvgIpc) is 2.56. The Kier molecular flexibility index (Phi) is 2.40. The number of carbonyl (C=O) groups excluding carboxylic acids is 2. The van der Waals surface area contributed by atoms with Crippen molar-refractivity contribution < 1.29 is 14.3 Å². The van der Waals surface area contributed by atoms with E-state index in [9.17, 15) is 9.59 Å². The minimum atomic E-state index is -1.15. The normalized spacial score (nSPS) is 28.6. The molecular weight excluding hydrogens is 270 g/mol. The number of hydrogen-bond acceptors (Lipinski definition) is 4. The first-order chi connectivity index (χ1) is 8.92. The molecule has 1 aromatic rings. The van der Waals surface area contributed by atoms with E-state index in [0.29, 0.717) is 28.4 Å². The molecule has 4 N–H and O–H groups in total. The number of halogens is 1. The zero-order chi connectivity index (χ0) is 13.8. The van der Waals surface area contributed by atoms with E-state index in [4.69, 9.17) is 22.1 Å². The molecule has 2 unspecified atom stereocenters. The van der Waals surface area contributed by atoms with Crippen LogP contribution in [0.2, 0.25) is 5.02 Å². The van der Waals surface area contributed by atoms with Crippen molar-refractivity contribution in [1.29, 1.82) is 0 Å². The van der Waals surface area contributed by atoms with Crippen LogP contribution in [0.4, 0.5) is 10.5 Å². The van der Waals surface area contributed by atoms with Crippen molar-refractivity contribution in [3.8, 4) is 5.75 Å². The van der Waals surface area contributed by atoms with Crippen LogP contribution < -0.4 is 21.1 Å². The van der Waals surface area contributed by atoms with Gasteiger partial charge in [0, 0.05) is 17.0 Å². The quantitative estimate of drug-likeness (QED) is 0.491.